The Hall–Kier alpha value is -4.10. The van der Waals surface area contributed by atoms with Crippen LogP contribution >= 0.6 is 0 Å². The molecule has 4 aromatic rings. The van der Waals surface area contributed by atoms with Gasteiger partial charge < -0.3 is 4.74 Å². The summed E-state index contributed by atoms with van der Waals surface area (Å²) in [7, 11) is 5.44. The van der Waals surface area contributed by atoms with Gasteiger partial charge in [-0.3, -0.25) is 0 Å². The van der Waals surface area contributed by atoms with Crippen molar-refractivity contribution in [1.82, 2.24) is 0 Å². The summed E-state index contributed by atoms with van der Waals surface area (Å²) in [6, 6.07) is 45.3. The molecule has 0 aliphatic rings. The van der Waals surface area contributed by atoms with Crippen LogP contribution in [0.15, 0.2) is 121 Å². The molecule has 0 aliphatic heterocycles. The molecule has 4 heteroatoms. The summed E-state index contributed by atoms with van der Waals surface area (Å²) in [5.74, 6) is 0. The number of ether oxygens (including phenoxy) is 1. The van der Waals surface area contributed by atoms with Gasteiger partial charge in [0.2, 0.25) is 0 Å². The van der Waals surface area contributed by atoms with Crippen LogP contribution in [0, 0.1) is 11.3 Å². The van der Waals surface area contributed by atoms with Crippen LogP contribution in [0.2, 0.25) is 0 Å². The van der Waals surface area contributed by atoms with Gasteiger partial charge in [0.25, 0.3) is 0 Å². The molecule has 0 heterocycles. The van der Waals surface area contributed by atoms with E-state index in [4.69, 9.17) is 5.26 Å². The maximum Gasteiger partial charge on any atom is 0.322 e. The Labute approximate surface area is 204 Å². The lowest BCUT2D eigenvalue weighted by molar-refractivity contribution is -0.467. The summed E-state index contributed by atoms with van der Waals surface area (Å²) in [4.78, 5) is 0. The molecular weight excluding hydrogens is 415 g/mol. The Morgan fingerprint density at radius 2 is 0.853 bits per heavy atom. The maximum atomic E-state index is 7.32. The number of hydrogen-bond acceptors (Lipinski definition) is 2. The molecule has 4 aromatic carbocycles. The van der Waals surface area contributed by atoms with Crippen LogP contribution in [-0.4, -0.2) is 38.3 Å². The Bertz CT molecular complexity index is 989. The third kappa shape index (κ3) is 6.70. The van der Waals surface area contributed by atoms with Gasteiger partial charge in [-0.25, -0.2) is 4.58 Å². The van der Waals surface area contributed by atoms with Gasteiger partial charge >= 0.3 is 6.40 Å². The molecule has 0 fully saturated rings. The minimum atomic E-state index is -1.22. The Kier molecular flexibility index (Phi) is 10.9. The maximum absolute atomic E-state index is 7.32. The number of rotatable bonds is 5. The van der Waals surface area contributed by atoms with Gasteiger partial charge in [0.05, 0.1) is 13.2 Å². The Morgan fingerprint density at radius 3 is 1.00 bits per heavy atom. The zero-order chi connectivity index (χ0) is 24.7. The van der Waals surface area contributed by atoms with E-state index in [2.05, 4.69) is 126 Å². The van der Waals surface area contributed by atoms with Crippen molar-refractivity contribution in [3.63, 3.8) is 0 Å². The first-order chi connectivity index (χ1) is 16.6. The molecule has 0 saturated heterocycles. The van der Waals surface area contributed by atoms with Gasteiger partial charge in [-0.05, 0) is 0 Å². The molecule has 0 aliphatic carbocycles. The minimum absolute atomic E-state index is 1.22. The van der Waals surface area contributed by atoms with Crippen molar-refractivity contribution in [2.75, 3.05) is 21.2 Å². The molecule has 34 heavy (non-hydrogen) atoms. The van der Waals surface area contributed by atoms with Crippen LogP contribution in [0.3, 0.4) is 0 Å². The fourth-order valence-electron chi connectivity index (χ4n) is 4.33. The molecule has 0 spiro atoms. The van der Waals surface area contributed by atoms with Crippen LogP contribution in [0.25, 0.3) is 0 Å². The first-order valence-electron chi connectivity index (χ1n) is 11.3. The standard InChI is InChI=1S/C24H20B.C4H10NO.C2H3N/c1-5-13-21(14-6-1)25(22-15-7-2-8-16-22,23-17-9-3-10-18-23)24-19-11-4-12-20-24;1-5(2)4-6-3;1-2-3/h1-20H;4H,1-3H3;1H3/q-1;+1;. The van der Waals surface area contributed by atoms with E-state index in [9.17, 15) is 0 Å². The number of benzene rings is 4. The highest BCUT2D eigenvalue weighted by Gasteiger charge is 2.30. The van der Waals surface area contributed by atoms with Crippen LogP contribution in [0.4, 0.5) is 0 Å². The van der Waals surface area contributed by atoms with Gasteiger partial charge in [-0.1, -0.05) is 121 Å². The van der Waals surface area contributed by atoms with Crippen molar-refractivity contribution in [3.05, 3.63) is 121 Å². The van der Waals surface area contributed by atoms with Gasteiger partial charge in [0.15, 0.2) is 0 Å². The smallest absolute Gasteiger partial charge is 0.322 e. The lowest BCUT2D eigenvalue weighted by atomic mass is 9.13. The summed E-state index contributed by atoms with van der Waals surface area (Å²) in [5, 5.41) is 7.32. The predicted octanol–water partition coefficient (Wildman–Crippen LogP) is 3.53. The molecule has 0 saturated carbocycles. The fraction of sp³-hybridized carbons (Fsp3) is 0.133. The highest BCUT2D eigenvalue weighted by Crippen LogP contribution is 2.09. The number of hydrogen-bond donors (Lipinski definition) is 0. The van der Waals surface area contributed by atoms with E-state index >= 15 is 0 Å². The molecule has 0 unspecified atom stereocenters. The number of nitriles is 1. The zero-order valence-electron chi connectivity index (χ0n) is 20.5. The normalized spacial score (nSPS) is 9.74. The third-order valence-corrected chi connectivity index (χ3v) is 5.51. The first-order valence-corrected chi connectivity index (χ1v) is 11.3. The second-order valence-corrected chi connectivity index (χ2v) is 8.04. The van der Waals surface area contributed by atoms with Gasteiger partial charge in [0.1, 0.15) is 20.2 Å². The Morgan fingerprint density at radius 1 is 0.618 bits per heavy atom. The van der Waals surface area contributed by atoms with E-state index in [0.717, 1.165) is 0 Å². The average Bonchev–Trinajstić information content (AvgIpc) is 2.88. The van der Waals surface area contributed by atoms with Crippen molar-refractivity contribution < 1.29 is 9.31 Å². The Balaban J connectivity index is 0.000000391. The molecule has 3 nitrogen and oxygen atoms in total. The lowest BCUT2D eigenvalue weighted by Gasteiger charge is -2.44. The van der Waals surface area contributed by atoms with Gasteiger partial charge in [-0.2, -0.15) is 27.1 Å². The van der Waals surface area contributed by atoms with Crippen LogP contribution in [0.1, 0.15) is 6.92 Å². The SMILES string of the molecule is CC#N.COC=[N+](C)C.c1ccc([B-](c2ccccc2)(c2ccccc2)c2ccccc2)cc1. The van der Waals surface area contributed by atoms with E-state index < -0.39 is 6.15 Å². The molecule has 172 valence electrons. The third-order valence-electron chi connectivity index (χ3n) is 5.51. The van der Waals surface area contributed by atoms with E-state index in [1.54, 1.807) is 19.6 Å². The van der Waals surface area contributed by atoms with Crippen LogP contribution < -0.4 is 21.9 Å². The largest absolute Gasteiger partial charge is 0.454 e. The topological polar surface area (TPSA) is 36.0 Å². The second-order valence-electron chi connectivity index (χ2n) is 8.04. The second kappa shape index (κ2) is 14.1. The van der Waals surface area contributed by atoms with Crippen molar-refractivity contribution >= 4 is 34.4 Å². The molecule has 0 bridgehead atoms. The summed E-state index contributed by atoms with van der Waals surface area (Å²) in [6.45, 7) is 1.43. The molecule has 0 N–H and O–H groups in total. The van der Waals surface area contributed by atoms with Gasteiger partial charge in [0, 0.05) is 6.92 Å². The van der Waals surface area contributed by atoms with Crippen LogP contribution in [0.5, 0.6) is 0 Å². The van der Waals surface area contributed by atoms with Crippen molar-refractivity contribution in [1.29, 1.82) is 5.26 Å². The van der Waals surface area contributed by atoms with Gasteiger partial charge in [-0.15, -0.1) is 0 Å². The molecule has 0 radical (unpaired) electrons. The first kappa shape index (κ1) is 26.2. The molecule has 0 aromatic heterocycles. The lowest BCUT2D eigenvalue weighted by Crippen LogP contribution is -2.74. The molecule has 4 rings (SSSR count). The molecular formula is C30H33BN2O. The highest BCUT2D eigenvalue weighted by atomic mass is 16.5. The summed E-state index contributed by atoms with van der Waals surface area (Å²) in [5.41, 5.74) is 5.36. The van der Waals surface area contributed by atoms with Crippen molar-refractivity contribution in [2.24, 2.45) is 0 Å². The zero-order valence-corrected chi connectivity index (χ0v) is 20.5. The fourth-order valence-corrected chi connectivity index (χ4v) is 4.33. The predicted molar refractivity (Wildman–Crippen MR) is 147 cm³/mol. The van der Waals surface area contributed by atoms with E-state index in [-0.39, 0.29) is 0 Å². The minimum Gasteiger partial charge on any atom is -0.454 e. The highest BCUT2D eigenvalue weighted by molar-refractivity contribution is 7.19. The van der Waals surface area contributed by atoms with E-state index in [1.807, 2.05) is 18.7 Å². The number of methoxy groups -OCH3 is 1. The van der Waals surface area contributed by atoms with Crippen molar-refractivity contribution in [3.8, 4) is 6.07 Å². The summed E-state index contributed by atoms with van der Waals surface area (Å²) < 4.78 is 6.44. The van der Waals surface area contributed by atoms with E-state index in [1.165, 1.54) is 28.8 Å². The molecule has 0 amide bonds. The summed E-state index contributed by atoms with van der Waals surface area (Å²) in [6.07, 6.45) is 0.409. The average molecular weight is 448 g/mol. The van der Waals surface area contributed by atoms with Crippen molar-refractivity contribution in [2.45, 2.75) is 6.92 Å². The quantitative estimate of drug-likeness (QED) is 0.203. The number of nitrogens with zero attached hydrogens (tertiary/aromatic N) is 2. The van der Waals surface area contributed by atoms with E-state index in [0.29, 0.717) is 0 Å². The monoisotopic (exact) mass is 448 g/mol. The summed E-state index contributed by atoms with van der Waals surface area (Å²) >= 11 is 0. The van der Waals surface area contributed by atoms with Crippen LogP contribution in [-0.2, 0) is 4.74 Å². The molecule has 0 atom stereocenters.